The number of hydrogen-bond acceptors (Lipinski definition) is 10. The van der Waals surface area contributed by atoms with Crippen molar-refractivity contribution in [3.63, 3.8) is 0 Å². The molecule has 8 aromatic rings. The number of carbonyl (C=O) groups excluding carboxylic acids is 6. The Bertz CT molecular complexity index is 3110. The highest BCUT2D eigenvalue weighted by Gasteiger charge is 2.17. The van der Waals surface area contributed by atoms with Crippen LogP contribution in [0.4, 0.5) is 11.4 Å². The lowest BCUT2D eigenvalue weighted by atomic mass is 10.1. The van der Waals surface area contributed by atoms with Crippen molar-refractivity contribution in [3.8, 4) is 0 Å². The van der Waals surface area contributed by atoms with Gasteiger partial charge in [0.05, 0.1) is 6.61 Å². The first-order valence-electron chi connectivity index (χ1n) is 21.6. The molecule has 67 heavy (non-hydrogen) atoms. The van der Waals surface area contributed by atoms with Gasteiger partial charge in [0, 0.05) is 105 Å². The van der Waals surface area contributed by atoms with Gasteiger partial charge in [-0.3, -0.25) is 24.0 Å². The van der Waals surface area contributed by atoms with Crippen LogP contribution in [0.15, 0.2) is 97.1 Å². The van der Waals surface area contributed by atoms with Crippen LogP contribution in [-0.4, -0.2) is 115 Å². The molecular formula is C48H52N12O7. The summed E-state index contributed by atoms with van der Waals surface area (Å²) in [4.78, 5) is 86.5. The van der Waals surface area contributed by atoms with E-state index in [0.717, 1.165) is 43.6 Å². The molecule has 0 atom stereocenters. The third-order valence-electron chi connectivity index (χ3n) is 10.5. The standard InChI is InChI=1S/C25H29N7O3.C23H23N5O4/c1-26-7-9-28-23(33)15-3-5-19-16(11-15)13-22(32-19)25(35)30-18-4-6-20-17(12-18)14-21(31-20)24(34)29-10-8-27-2;1-2-32-23(31)20-12-15-10-16(4-6-18(15)28-20)26-22(30)19-11-14-9-13(3-5-17(14)27-19)21(29)25-8-7-24/h3-6,11-14,26-27,31-32H,7-10H2,1-2H3,(H,28,33)(H,29,34)(H,30,35);3-6,9-12,27-28H,2,7-8,24H2,1H3,(H,25,29)(H,26,30). The number of aromatic amines is 4. The van der Waals surface area contributed by atoms with Crippen LogP contribution in [0.25, 0.3) is 43.6 Å². The van der Waals surface area contributed by atoms with E-state index in [9.17, 15) is 28.8 Å². The Labute approximate surface area is 383 Å². The van der Waals surface area contributed by atoms with Crippen LogP contribution in [0.1, 0.15) is 69.6 Å². The average molecular weight is 909 g/mol. The molecule has 0 spiro atoms. The summed E-state index contributed by atoms with van der Waals surface area (Å²) in [5.74, 6) is -1.62. The minimum absolute atomic E-state index is 0.163. The zero-order chi connectivity index (χ0) is 47.5. The number of hydrogen-bond donors (Lipinski definition) is 12. The second-order valence-electron chi connectivity index (χ2n) is 15.3. The van der Waals surface area contributed by atoms with E-state index in [-0.39, 0.29) is 29.5 Å². The quantitative estimate of drug-likeness (QED) is 0.0447. The number of rotatable bonds is 17. The summed E-state index contributed by atoms with van der Waals surface area (Å²) >= 11 is 0. The molecule has 0 aliphatic carbocycles. The summed E-state index contributed by atoms with van der Waals surface area (Å²) in [5, 5.41) is 23.2. The lowest BCUT2D eigenvalue weighted by Crippen LogP contribution is -2.30. The SMILES string of the molecule is CCOC(=O)c1cc2cc(NC(=O)c3cc4cc(C(=O)NCCN)ccc4[nH]3)ccc2[nH]1.CNCCNC(=O)c1ccc2[nH]c(C(=O)Nc3ccc4[nH]c(C(=O)NCCNC)cc4c3)cc2c1. The van der Waals surface area contributed by atoms with Crippen LogP contribution in [0.5, 0.6) is 0 Å². The molecule has 4 heterocycles. The third kappa shape index (κ3) is 11.5. The first-order valence-corrected chi connectivity index (χ1v) is 21.6. The van der Waals surface area contributed by atoms with Crippen molar-refractivity contribution in [2.24, 2.45) is 5.73 Å². The summed E-state index contributed by atoms with van der Waals surface area (Å²) < 4.78 is 5.01. The van der Waals surface area contributed by atoms with Crippen LogP contribution in [0.2, 0.25) is 0 Å². The highest BCUT2D eigenvalue weighted by Crippen LogP contribution is 2.25. The minimum Gasteiger partial charge on any atom is -0.461 e. The Morgan fingerprint density at radius 3 is 1.30 bits per heavy atom. The minimum atomic E-state index is -0.427. The molecule has 19 heteroatoms. The van der Waals surface area contributed by atoms with Crippen molar-refractivity contribution in [3.05, 3.63) is 131 Å². The molecule has 5 amide bonds. The molecule has 0 saturated heterocycles. The maximum Gasteiger partial charge on any atom is 0.354 e. The molecule has 19 nitrogen and oxygen atoms in total. The van der Waals surface area contributed by atoms with E-state index >= 15 is 0 Å². The number of fused-ring (bicyclic) bond motifs is 4. The van der Waals surface area contributed by atoms with Gasteiger partial charge in [-0.2, -0.15) is 0 Å². The van der Waals surface area contributed by atoms with Crippen LogP contribution >= 0.6 is 0 Å². The fourth-order valence-electron chi connectivity index (χ4n) is 7.14. The molecule has 4 aromatic heterocycles. The molecule has 4 aromatic carbocycles. The fraction of sp³-hybridized carbons (Fsp3) is 0.208. The molecule has 13 N–H and O–H groups in total. The van der Waals surface area contributed by atoms with Crippen molar-refractivity contribution in [2.45, 2.75) is 6.92 Å². The fourth-order valence-corrected chi connectivity index (χ4v) is 7.14. The van der Waals surface area contributed by atoms with Gasteiger partial charge in [0.1, 0.15) is 22.8 Å². The number of likely N-dealkylation sites (N-methyl/N-ethyl adjacent to an activating group) is 2. The molecule has 0 unspecified atom stereocenters. The molecule has 0 radical (unpaired) electrons. The third-order valence-corrected chi connectivity index (χ3v) is 10.5. The van der Waals surface area contributed by atoms with Gasteiger partial charge in [-0.05, 0) is 118 Å². The number of nitrogens with one attached hydrogen (secondary N) is 11. The first kappa shape index (κ1) is 46.7. The Morgan fingerprint density at radius 1 is 0.463 bits per heavy atom. The molecule has 0 aliphatic heterocycles. The summed E-state index contributed by atoms with van der Waals surface area (Å²) in [6, 6.07) is 28.0. The average Bonchev–Trinajstić information content (AvgIpc) is 4.15. The molecule has 0 aliphatic rings. The second-order valence-corrected chi connectivity index (χ2v) is 15.3. The zero-order valence-corrected chi connectivity index (χ0v) is 37.1. The van der Waals surface area contributed by atoms with E-state index in [1.807, 2.05) is 26.2 Å². The number of benzene rings is 4. The lowest BCUT2D eigenvalue weighted by Gasteiger charge is -2.04. The van der Waals surface area contributed by atoms with E-state index < -0.39 is 5.97 Å². The van der Waals surface area contributed by atoms with Crippen molar-refractivity contribution in [1.29, 1.82) is 0 Å². The highest BCUT2D eigenvalue weighted by atomic mass is 16.5. The monoisotopic (exact) mass is 908 g/mol. The first-order chi connectivity index (χ1) is 32.5. The van der Waals surface area contributed by atoms with E-state index in [0.29, 0.717) is 91.2 Å². The van der Waals surface area contributed by atoms with Gasteiger partial charge in [0.2, 0.25) is 0 Å². The van der Waals surface area contributed by atoms with Crippen LogP contribution in [0, 0.1) is 0 Å². The predicted molar refractivity (Wildman–Crippen MR) is 259 cm³/mol. The number of esters is 1. The van der Waals surface area contributed by atoms with Crippen molar-refractivity contribution in [1.82, 2.24) is 46.5 Å². The smallest absolute Gasteiger partial charge is 0.354 e. The summed E-state index contributed by atoms with van der Waals surface area (Å²) in [7, 11) is 3.65. The van der Waals surface area contributed by atoms with Crippen molar-refractivity contribution >= 4 is 90.5 Å². The van der Waals surface area contributed by atoms with Crippen molar-refractivity contribution < 1.29 is 33.5 Å². The molecule has 0 saturated carbocycles. The normalized spacial score (nSPS) is 11.0. The summed E-state index contributed by atoms with van der Waals surface area (Å²) in [6.07, 6.45) is 0. The van der Waals surface area contributed by atoms with Gasteiger partial charge < -0.3 is 67.6 Å². The number of ether oxygens (including phenoxy) is 1. The number of anilines is 2. The number of H-pyrrole nitrogens is 4. The largest absolute Gasteiger partial charge is 0.461 e. The predicted octanol–water partition coefficient (Wildman–Crippen LogP) is 4.57. The Morgan fingerprint density at radius 2 is 0.851 bits per heavy atom. The Balaban J connectivity index is 0.000000200. The Kier molecular flexibility index (Phi) is 15.1. The maximum absolute atomic E-state index is 12.9. The van der Waals surface area contributed by atoms with Crippen LogP contribution in [-0.2, 0) is 4.74 Å². The summed E-state index contributed by atoms with van der Waals surface area (Å²) in [6.45, 7) is 5.21. The Hall–Kier alpha value is -8.26. The molecule has 8 rings (SSSR count). The topological polar surface area (TPSA) is 285 Å². The maximum atomic E-state index is 12.9. The van der Waals surface area contributed by atoms with E-state index in [4.69, 9.17) is 10.5 Å². The van der Waals surface area contributed by atoms with Gasteiger partial charge in [-0.25, -0.2) is 4.79 Å². The number of nitrogens with two attached hydrogens (primary N) is 1. The van der Waals surface area contributed by atoms with Gasteiger partial charge in [-0.15, -0.1) is 0 Å². The van der Waals surface area contributed by atoms with Gasteiger partial charge in [0.15, 0.2) is 0 Å². The van der Waals surface area contributed by atoms with E-state index in [2.05, 4.69) is 57.2 Å². The van der Waals surface area contributed by atoms with Crippen LogP contribution in [0.3, 0.4) is 0 Å². The number of aromatic nitrogens is 4. The molecule has 346 valence electrons. The lowest BCUT2D eigenvalue weighted by molar-refractivity contribution is 0.0520. The second kappa shape index (κ2) is 21.6. The molecule has 0 fully saturated rings. The number of amides is 5. The van der Waals surface area contributed by atoms with Gasteiger partial charge in [0.25, 0.3) is 29.5 Å². The van der Waals surface area contributed by atoms with Crippen LogP contribution < -0.4 is 43.0 Å². The summed E-state index contributed by atoms with van der Waals surface area (Å²) in [5.41, 5.74) is 12.2. The van der Waals surface area contributed by atoms with E-state index in [1.165, 1.54) is 0 Å². The number of carbonyl (C=O) groups is 6. The van der Waals surface area contributed by atoms with Gasteiger partial charge in [-0.1, -0.05) is 0 Å². The van der Waals surface area contributed by atoms with E-state index in [1.54, 1.807) is 91.9 Å². The zero-order valence-electron chi connectivity index (χ0n) is 37.1. The molecule has 0 bridgehead atoms. The molecular weight excluding hydrogens is 857 g/mol. The van der Waals surface area contributed by atoms with Crippen molar-refractivity contribution in [2.75, 3.05) is 70.6 Å². The van der Waals surface area contributed by atoms with Gasteiger partial charge >= 0.3 is 5.97 Å². The highest BCUT2D eigenvalue weighted by molar-refractivity contribution is 6.09.